The minimum absolute atomic E-state index is 0.111. The van der Waals surface area contributed by atoms with Gasteiger partial charge in [0.2, 0.25) is 0 Å². The van der Waals surface area contributed by atoms with Crippen LogP contribution in [0.1, 0.15) is 16.1 Å². The van der Waals surface area contributed by atoms with Gasteiger partial charge in [0.15, 0.2) is 4.96 Å². The monoisotopic (exact) mass is 422 g/mol. The third-order valence-electron chi connectivity index (χ3n) is 4.52. The average molecular weight is 423 g/mol. The van der Waals surface area contributed by atoms with Crippen molar-refractivity contribution in [2.75, 3.05) is 0 Å². The predicted octanol–water partition coefficient (Wildman–Crippen LogP) is 4.07. The van der Waals surface area contributed by atoms with Crippen molar-refractivity contribution in [1.82, 2.24) is 9.38 Å². The molecule has 3 heterocycles. The quantitative estimate of drug-likeness (QED) is 0.473. The number of rotatable bonds is 3. The van der Waals surface area contributed by atoms with E-state index < -0.39 is 5.97 Å². The third-order valence-corrected chi connectivity index (χ3v) is 5.82. The first-order valence-corrected chi connectivity index (χ1v) is 9.75. The van der Waals surface area contributed by atoms with Gasteiger partial charge in [0.25, 0.3) is 5.56 Å². The van der Waals surface area contributed by atoms with Gasteiger partial charge >= 0.3 is 5.97 Å². The van der Waals surface area contributed by atoms with Crippen molar-refractivity contribution < 1.29 is 14.3 Å². The lowest BCUT2D eigenvalue weighted by Gasteiger charge is -2.02. The molecule has 0 aliphatic carbocycles. The molecule has 1 N–H and O–H groups in total. The van der Waals surface area contributed by atoms with Crippen LogP contribution in [0.25, 0.3) is 33.4 Å². The molecule has 0 spiro atoms. The fraction of sp³-hybridized carbons (Fsp3) is 0. The molecule has 0 amide bonds. The summed E-state index contributed by atoms with van der Waals surface area (Å²) in [6.45, 7) is 0. The smallest absolute Gasteiger partial charge is 0.335 e. The first kappa shape index (κ1) is 17.7. The molecular weight excluding hydrogens is 412 g/mol. The molecule has 0 atom stereocenters. The van der Waals surface area contributed by atoms with Crippen molar-refractivity contribution in [1.29, 1.82) is 0 Å². The van der Waals surface area contributed by atoms with E-state index in [0.29, 0.717) is 31.6 Å². The van der Waals surface area contributed by atoms with Crippen molar-refractivity contribution in [3.63, 3.8) is 0 Å². The zero-order chi connectivity index (χ0) is 20.1. The van der Waals surface area contributed by atoms with E-state index in [0.717, 1.165) is 11.0 Å². The van der Waals surface area contributed by atoms with Crippen LogP contribution in [-0.4, -0.2) is 20.5 Å². The number of hydrogen-bond donors (Lipinski definition) is 1. The zero-order valence-electron chi connectivity index (χ0n) is 14.6. The Labute approximate surface area is 171 Å². The van der Waals surface area contributed by atoms with E-state index in [-0.39, 0.29) is 11.1 Å². The third kappa shape index (κ3) is 2.91. The van der Waals surface area contributed by atoms with Crippen LogP contribution in [0, 0.1) is 0 Å². The predicted molar refractivity (Wildman–Crippen MR) is 112 cm³/mol. The number of halogens is 1. The summed E-state index contributed by atoms with van der Waals surface area (Å²) in [5.74, 6) is -0.169. The second-order valence-electron chi connectivity index (χ2n) is 6.34. The number of thiazole rings is 1. The number of aromatic nitrogens is 2. The molecule has 8 heteroatoms. The van der Waals surface area contributed by atoms with E-state index >= 15 is 0 Å². The number of para-hydroxylation sites is 2. The summed E-state index contributed by atoms with van der Waals surface area (Å²) >= 11 is 7.48. The Balaban J connectivity index is 1.61. The Morgan fingerprint density at radius 1 is 1.17 bits per heavy atom. The number of furan rings is 1. The highest BCUT2D eigenvalue weighted by Gasteiger charge is 2.14. The maximum atomic E-state index is 12.8. The molecule has 6 nitrogen and oxygen atoms in total. The first-order chi connectivity index (χ1) is 14.0. The minimum Gasteiger partial charge on any atom is -0.478 e. The summed E-state index contributed by atoms with van der Waals surface area (Å²) in [4.78, 5) is 29.1. The van der Waals surface area contributed by atoms with Crippen molar-refractivity contribution in [2.24, 2.45) is 0 Å². The summed E-state index contributed by atoms with van der Waals surface area (Å²) in [5.41, 5.74) is 1.96. The SMILES string of the molecule is O=C(O)c1ccc(Cl)c(-c2ccc(/C=c3\sc4nc5ccccc5n4c3=O)o2)c1. The van der Waals surface area contributed by atoms with E-state index in [1.165, 1.54) is 29.5 Å². The summed E-state index contributed by atoms with van der Waals surface area (Å²) in [6, 6.07) is 15.3. The van der Waals surface area contributed by atoms with E-state index in [1.807, 2.05) is 24.3 Å². The van der Waals surface area contributed by atoms with Crippen LogP contribution in [0.3, 0.4) is 0 Å². The van der Waals surface area contributed by atoms with E-state index in [4.69, 9.17) is 16.0 Å². The topological polar surface area (TPSA) is 84.8 Å². The van der Waals surface area contributed by atoms with Gasteiger partial charge in [-0.15, -0.1) is 0 Å². The van der Waals surface area contributed by atoms with Gasteiger partial charge in [-0.1, -0.05) is 35.1 Å². The minimum atomic E-state index is -1.05. The Kier molecular flexibility index (Phi) is 4.01. The lowest BCUT2D eigenvalue weighted by Crippen LogP contribution is -2.22. The van der Waals surface area contributed by atoms with Crippen LogP contribution >= 0.6 is 22.9 Å². The standard InChI is InChI=1S/C21H11ClN2O4S/c22-14-7-5-11(20(26)27)9-13(14)17-8-6-12(28-17)10-18-19(25)24-16-4-2-1-3-15(16)23-21(24)29-18/h1-10H,(H,26,27)/b18-10-. The van der Waals surface area contributed by atoms with Crippen LogP contribution in [0.2, 0.25) is 5.02 Å². The molecule has 0 saturated carbocycles. The number of carboxylic acids is 1. The fourth-order valence-electron chi connectivity index (χ4n) is 3.16. The van der Waals surface area contributed by atoms with Gasteiger partial charge in [0, 0.05) is 11.6 Å². The van der Waals surface area contributed by atoms with E-state index in [9.17, 15) is 14.7 Å². The maximum absolute atomic E-state index is 12.8. The van der Waals surface area contributed by atoms with Crippen LogP contribution in [-0.2, 0) is 0 Å². The van der Waals surface area contributed by atoms with Gasteiger partial charge in [0.1, 0.15) is 16.1 Å². The van der Waals surface area contributed by atoms with Crippen LogP contribution < -0.4 is 10.1 Å². The number of aromatic carboxylic acids is 1. The Morgan fingerprint density at radius 3 is 2.83 bits per heavy atom. The number of benzene rings is 2. The van der Waals surface area contributed by atoms with Gasteiger partial charge < -0.3 is 9.52 Å². The molecule has 0 unspecified atom stereocenters. The lowest BCUT2D eigenvalue weighted by molar-refractivity contribution is 0.0697. The molecule has 0 aliphatic rings. The molecule has 5 rings (SSSR count). The summed E-state index contributed by atoms with van der Waals surface area (Å²) in [6.07, 6.45) is 1.65. The van der Waals surface area contributed by atoms with Gasteiger partial charge in [-0.25, -0.2) is 14.2 Å². The highest BCUT2D eigenvalue weighted by Crippen LogP contribution is 2.30. The van der Waals surface area contributed by atoms with Crippen LogP contribution in [0.5, 0.6) is 0 Å². The number of carbonyl (C=O) groups is 1. The molecule has 142 valence electrons. The molecule has 5 aromatic rings. The van der Waals surface area contributed by atoms with Crippen molar-refractivity contribution >= 4 is 51.0 Å². The molecule has 0 radical (unpaired) electrons. The fourth-order valence-corrected chi connectivity index (χ4v) is 4.34. The van der Waals surface area contributed by atoms with E-state index in [1.54, 1.807) is 22.6 Å². The van der Waals surface area contributed by atoms with Crippen LogP contribution in [0.4, 0.5) is 0 Å². The number of hydrogen-bond acceptors (Lipinski definition) is 5. The zero-order valence-corrected chi connectivity index (χ0v) is 16.2. The van der Waals surface area contributed by atoms with Gasteiger partial charge in [-0.2, -0.15) is 0 Å². The Morgan fingerprint density at radius 2 is 2.00 bits per heavy atom. The van der Waals surface area contributed by atoms with Crippen molar-refractivity contribution in [3.8, 4) is 11.3 Å². The van der Waals surface area contributed by atoms with Gasteiger partial charge in [-0.05, 0) is 42.5 Å². The molecule has 3 aromatic heterocycles. The molecule has 0 aliphatic heterocycles. The van der Waals surface area contributed by atoms with Crippen molar-refractivity contribution in [2.45, 2.75) is 0 Å². The van der Waals surface area contributed by atoms with Gasteiger partial charge in [0.05, 0.1) is 21.6 Å². The summed E-state index contributed by atoms with van der Waals surface area (Å²) < 4.78 is 7.89. The first-order valence-electron chi connectivity index (χ1n) is 8.56. The molecule has 0 fully saturated rings. The second-order valence-corrected chi connectivity index (χ2v) is 7.75. The number of fused-ring (bicyclic) bond motifs is 3. The maximum Gasteiger partial charge on any atom is 0.335 e. The normalized spacial score (nSPS) is 12.2. The highest BCUT2D eigenvalue weighted by molar-refractivity contribution is 7.15. The Bertz CT molecular complexity index is 1530. The summed E-state index contributed by atoms with van der Waals surface area (Å²) in [7, 11) is 0. The molecule has 0 saturated heterocycles. The van der Waals surface area contributed by atoms with Crippen molar-refractivity contribution in [3.05, 3.63) is 85.8 Å². The number of carboxylic acid groups (broad SMARTS) is 1. The summed E-state index contributed by atoms with van der Waals surface area (Å²) in [5, 5.41) is 9.56. The largest absolute Gasteiger partial charge is 0.478 e. The highest BCUT2D eigenvalue weighted by atomic mass is 35.5. The second kappa shape index (κ2) is 6.58. The number of imidazole rings is 1. The lowest BCUT2D eigenvalue weighted by atomic mass is 10.1. The molecule has 2 aromatic carbocycles. The van der Waals surface area contributed by atoms with E-state index in [2.05, 4.69) is 4.98 Å². The molecular formula is C21H11ClN2O4S. The van der Waals surface area contributed by atoms with Gasteiger partial charge in [-0.3, -0.25) is 4.79 Å². The average Bonchev–Trinajstić information content (AvgIpc) is 3.38. The molecule has 29 heavy (non-hydrogen) atoms. The molecule has 0 bridgehead atoms. The van der Waals surface area contributed by atoms with Crippen LogP contribution in [0.15, 0.2) is 63.8 Å². The number of nitrogens with zero attached hydrogens (tertiary/aromatic N) is 2. The Hall–Kier alpha value is -3.42.